The SMILES string of the molecule is CCc1onc(C)c1-c1cccc(C2CN(C(=O)c3ccc(C)nc3)CCO2)n1. The Bertz CT molecular complexity index is 1010. The third kappa shape index (κ3) is 3.91. The van der Waals surface area contributed by atoms with E-state index >= 15 is 0 Å². The van der Waals surface area contributed by atoms with Gasteiger partial charge >= 0.3 is 0 Å². The summed E-state index contributed by atoms with van der Waals surface area (Å²) in [4.78, 5) is 23.7. The second-order valence-electron chi connectivity index (χ2n) is 7.17. The highest BCUT2D eigenvalue weighted by Gasteiger charge is 2.27. The topological polar surface area (TPSA) is 81.4 Å². The van der Waals surface area contributed by atoms with Gasteiger partial charge in [0, 0.05) is 24.9 Å². The Balaban J connectivity index is 1.56. The molecule has 4 heterocycles. The van der Waals surface area contributed by atoms with Crippen LogP contribution in [0.1, 0.15) is 46.2 Å². The van der Waals surface area contributed by atoms with Crippen LogP contribution in [0.5, 0.6) is 0 Å². The number of hydrogen-bond acceptors (Lipinski definition) is 6. The van der Waals surface area contributed by atoms with Crippen molar-refractivity contribution < 1.29 is 14.1 Å². The summed E-state index contributed by atoms with van der Waals surface area (Å²) >= 11 is 0. The van der Waals surface area contributed by atoms with Gasteiger partial charge in [0.15, 0.2) is 0 Å². The predicted octanol–water partition coefficient (Wildman–Crippen LogP) is 3.52. The average molecular weight is 392 g/mol. The second-order valence-corrected chi connectivity index (χ2v) is 7.17. The third-order valence-electron chi connectivity index (χ3n) is 5.12. The molecule has 0 aromatic carbocycles. The Kier molecular flexibility index (Phi) is 5.40. The molecule has 3 aromatic rings. The van der Waals surface area contributed by atoms with E-state index in [1.165, 1.54) is 0 Å². The van der Waals surface area contributed by atoms with E-state index in [2.05, 4.69) is 10.1 Å². The summed E-state index contributed by atoms with van der Waals surface area (Å²) in [6, 6.07) is 9.51. The molecule has 1 fully saturated rings. The van der Waals surface area contributed by atoms with Gasteiger partial charge < -0.3 is 14.2 Å². The third-order valence-corrected chi connectivity index (χ3v) is 5.12. The second kappa shape index (κ2) is 8.13. The zero-order chi connectivity index (χ0) is 20.4. The van der Waals surface area contributed by atoms with Crippen molar-refractivity contribution in [1.29, 1.82) is 0 Å². The quantitative estimate of drug-likeness (QED) is 0.676. The molecule has 1 aliphatic rings. The fraction of sp³-hybridized carbons (Fsp3) is 0.364. The highest BCUT2D eigenvalue weighted by atomic mass is 16.5. The Morgan fingerprint density at radius 3 is 2.86 bits per heavy atom. The van der Waals surface area contributed by atoms with Crippen LogP contribution < -0.4 is 0 Å². The van der Waals surface area contributed by atoms with E-state index in [0.29, 0.717) is 25.3 Å². The fourth-order valence-electron chi connectivity index (χ4n) is 3.55. The molecule has 3 aromatic heterocycles. The Labute approximate surface area is 169 Å². The van der Waals surface area contributed by atoms with Gasteiger partial charge in [0.2, 0.25) is 0 Å². The zero-order valence-electron chi connectivity index (χ0n) is 16.9. The monoisotopic (exact) mass is 392 g/mol. The number of nitrogens with zero attached hydrogens (tertiary/aromatic N) is 4. The minimum Gasteiger partial charge on any atom is -0.368 e. The molecule has 4 rings (SSSR count). The summed E-state index contributed by atoms with van der Waals surface area (Å²) in [5.41, 5.74) is 4.84. The Morgan fingerprint density at radius 1 is 1.24 bits per heavy atom. The molecule has 1 atom stereocenters. The highest BCUT2D eigenvalue weighted by Crippen LogP contribution is 2.29. The number of amides is 1. The van der Waals surface area contributed by atoms with Gasteiger partial charge in [-0.2, -0.15) is 0 Å². The van der Waals surface area contributed by atoms with Gasteiger partial charge in [-0.25, -0.2) is 4.98 Å². The normalized spacial score (nSPS) is 16.8. The maximum Gasteiger partial charge on any atom is 0.255 e. The van der Waals surface area contributed by atoms with Crippen LogP contribution in [0.3, 0.4) is 0 Å². The van der Waals surface area contributed by atoms with Crippen LogP contribution >= 0.6 is 0 Å². The maximum absolute atomic E-state index is 12.9. The van der Waals surface area contributed by atoms with Crippen LogP contribution in [0, 0.1) is 13.8 Å². The molecule has 0 bridgehead atoms. The average Bonchev–Trinajstić information content (AvgIpc) is 3.14. The standard InChI is InChI=1S/C22H24N4O3/c1-4-19-21(15(3)25-29-19)18-7-5-6-17(24-18)20-13-26(10-11-28-20)22(27)16-9-8-14(2)23-12-16/h5-9,12,20H,4,10-11,13H2,1-3H3. The Hall–Kier alpha value is -3.06. The van der Waals surface area contributed by atoms with Crippen molar-refractivity contribution in [3.05, 3.63) is 64.9 Å². The van der Waals surface area contributed by atoms with E-state index in [0.717, 1.165) is 40.5 Å². The molecule has 7 nitrogen and oxygen atoms in total. The first-order chi connectivity index (χ1) is 14.1. The predicted molar refractivity (Wildman–Crippen MR) is 107 cm³/mol. The van der Waals surface area contributed by atoms with Gasteiger partial charge in [0.25, 0.3) is 5.91 Å². The van der Waals surface area contributed by atoms with Gasteiger partial charge in [-0.15, -0.1) is 0 Å². The Morgan fingerprint density at radius 2 is 2.10 bits per heavy atom. The molecule has 150 valence electrons. The molecule has 29 heavy (non-hydrogen) atoms. The number of rotatable bonds is 4. The van der Waals surface area contributed by atoms with Crippen molar-refractivity contribution in [2.45, 2.75) is 33.3 Å². The van der Waals surface area contributed by atoms with E-state index in [9.17, 15) is 4.79 Å². The minimum absolute atomic E-state index is 0.0369. The van der Waals surface area contributed by atoms with Gasteiger partial charge in [0.1, 0.15) is 11.9 Å². The first-order valence-electron chi connectivity index (χ1n) is 9.82. The number of carbonyl (C=O) groups excluding carboxylic acids is 1. The molecule has 0 saturated carbocycles. The number of morpholine rings is 1. The summed E-state index contributed by atoms with van der Waals surface area (Å²) < 4.78 is 11.4. The summed E-state index contributed by atoms with van der Waals surface area (Å²) in [6.07, 6.45) is 2.09. The van der Waals surface area contributed by atoms with Gasteiger partial charge in [-0.05, 0) is 38.1 Å². The summed E-state index contributed by atoms with van der Waals surface area (Å²) in [5, 5.41) is 4.08. The van der Waals surface area contributed by atoms with Crippen LogP contribution in [0.15, 0.2) is 41.1 Å². The van der Waals surface area contributed by atoms with Crippen molar-refractivity contribution >= 4 is 5.91 Å². The van der Waals surface area contributed by atoms with E-state index in [1.807, 2.05) is 51.1 Å². The van der Waals surface area contributed by atoms with Crippen LogP contribution in [-0.4, -0.2) is 45.6 Å². The van der Waals surface area contributed by atoms with Crippen LogP contribution in [-0.2, 0) is 11.2 Å². The van der Waals surface area contributed by atoms with Gasteiger partial charge in [0.05, 0.1) is 41.4 Å². The lowest BCUT2D eigenvalue weighted by molar-refractivity contribution is -0.0246. The molecule has 1 unspecified atom stereocenters. The van der Waals surface area contributed by atoms with Crippen molar-refractivity contribution in [1.82, 2.24) is 20.0 Å². The van der Waals surface area contributed by atoms with Crippen LogP contribution in [0.4, 0.5) is 0 Å². The number of pyridine rings is 2. The lowest BCUT2D eigenvalue weighted by Gasteiger charge is -2.32. The van der Waals surface area contributed by atoms with Crippen molar-refractivity contribution in [2.75, 3.05) is 19.7 Å². The molecule has 1 saturated heterocycles. The number of ether oxygens (including phenoxy) is 1. The molecular weight excluding hydrogens is 368 g/mol. The number of aryl methyl sites for hydroxylation is 3. The number of hydrogen-bond donors (Lipinski definition) is 0. The lowest BCUT2D eigenvalue weighted by Crippen LogP contribution is -2.42. The number of aromatic nitrogens is 3. The molecule has 0 spiro atoms. The zero-order valence-corrected chi connectivity index (χ0v) is 16.9. The van der Waals surface area contributed by atoms with Crippen LogP contribution in [0.25, 0.3) is 11.3 Å². The molecule has 1 amide bonds. The van der Waals surface area contributed by atoms with Crippen LogP contribution in [0.2, 0.25) is 0 Å². The number of carbonyl (C=O) groups is 1. The minimum atomic E-state index is -0.281. The van der Waals surface area contributed by atoms with Gasteiger partial charge in [-0.1, -0.05) is 18.1 Å². The first kappa shape index (κ1) is 19.3. The first-order valence-corrected chi connectivity index (χ1v) is 9.82. The maximum atomic E-state index is 12.9. The van der Waals surface area contributed by atoms with E-state index in [4.69, 9.17) is 14.2 Å². The highest BCUT2D eigenvalue weighted by molar-refractivity contribution is 5.94. The van der Waals surface area contributed by atoms with E-state index in [1.54, 1.807) is 11.1 Å². The van der Waals surface area contributed by atoms with Gasteiger partial charge in [-0.3, -0.25) is 9.78 Å². The van der Waals surface area contributed by atoms with Crippen molar-refractivity contribution in [3.8, 4) is 11.3 Å². The summed E-state index contributed by atoms with van der Waals surface area (Å²) in [5.74, 6) is 0.783. The van der Waals surface area contributed by atoms with E-state index in [-0.39, 0.29) is 12.0 Å². The molecule has 0 N–H and O–H groups in total. The van der Waals surface area contributed by atoms with Crippen molar-refractivity contribution in [3.63, 3.8) is 0 Å². The summed E-state index contributed by atoms with van der Waals surface area (Å²) in [7, 11) is 0. The van der Waals surface area contributed by atoms with Crippen molar-refractivity contribution in [2.24, 2.45) is 0 Å². The molecule has 7 heteroatoms. The summed E-state index contributed by atoms with van der Waals surface area (Å²) in [6.45, 7) is 7.31. The molecular formula is C22H24N4O3. The lowest BCUT2D eigenvalue weighted by atomic mass is 10.1. The van der Waals surface area contributed by atoms with E-state index < -0.39 is 0 Å². The molecule has 0 radical (unpaired) electrons. The molecule has 1 aliphatic heterocycles. The largest absolute Gasteiger partial charge is 0.368 e. The smallest absolute Gasteiger partial charge is 0.255 e. The fourth-order valence-corrected chi connectivity index (χ4v) is 3.55. The molecule has 0 aliphatic carbocycles.